The number of anilines is 1. The topological polar surface area (TPSA) is 100 Å². The Morgan fingerprint density at radius 1 is 1.10 bits per heavy atom. The Bertz CT molecular complexity index is 771. The van der Waals surface area contributed by atoms with E-state index in [2.05, 4.69) is 15.5 Å². The van der Waals surface area contributed by atoms with Crippen molar-refractivity contribution in [2.45, 2.75) is 31.1 Å². The molecule has 0 radical (unpaired) electrons. The van der Waals surface area contributed by atoms with Crippen LogP contribution in [0.15, 0.2) is 30.3 Å². The van der Waals surface area contributed by atoms with E-state index < -0.39 is 11.8 Å². The minimum absolute atomic E-state index is 0.0722. The van der Waals surface area contributed by atoms with Crippen LogP contribution in [0.4, 0.5) is 5.69 Å². The fraction of sp³-hybridized carbons (Fsp3) is 0.571. The third kappa shape index (κ3) is 4.80. The monoisotopic (exact) mass is 416 g/mol. The van der Waals surface area contributed by atoms with E-state index in [1.54, 1.807) is 12.1 Å². The number of ether oxygens (including phenoxy) is 2. The first-order valence-electron chi connectivity index (χ1n) is 10.5. The van der Waals surface area contributed by atoms with Crippen LogP contribution >= 0.6 is 0 Å². The molecule has 1 spiro atoms. The van der Waals surface area contributed by atoms with Gasteiger partial charge in [-0.25, -0.2) is 0 Å². The number of para-hydroxylation sites is 1. The van der Waals surface area contributed by atoms with Gasteiger partial charge in [0.1, 0.15) is 6.04 Å². The average molecular weight is 416 g/mol. The fourth-order valence-corrected chi connectivity index (χ4v) is 4.24. The molecule has 0 aromatic heterocycles. The van der Waals surface area contributed by atoms with Crippen molar-refractivity contribution in [1.29, 1.82) is 0 Å². The molecular formula is C21H28N4O5. The number of piperazine rings is 1. The maximum absolute atomic E-state index is 13.0. The zero-order valence-electron chi connectivity index (χ0n) is 17.0. The highest BCUT2D eigenvalue weighted by molar-refractivity contribution is 5.97. The molecule has 9 heteroatoms. The Hall–Kier alpha value is -2.49. The number of benzene rings is 1. The molecule has 3 fully saturated rings. The van der Waals surface area contributed by atoms with Gasteiger partial charge in [0, 0.05) is 44.7 Å². The predicted octanol–water partition coefficient (Wildman–Crippen LogP) is 0.181. The van der Waals surface area contributed by atoms with E-state index >= 15 is 0 Å². The lowest BCUT2D eigenvalue weighted by molar-refractivity contribution is -0.186. The summed E-state index contributed by atoms with van der Waals surface area (Å²) < 4.78 is 11.5. The van der Waals surface area contributed by atoms with E-state index in [9.17, 15) is 14.4 Å². The lowest BCUT2D eigenvalue weighted by Gasteiger charge is -2.39. The molecule has 0 saturated carbocycles. The molecule has 1 aromatic rings. The Labute approximate surface area is 175 Å². The Morgan fingerprint density at radius 3 is 2.50 bits per heavy atom. The molecule has 4 rings (SSSR count). The summed E-state index contributed by atoms with van der Waals surface area (Å²) in [4.78, 5) is 41.5. The summed E-state index contributed by atoms with van der Waals surface area (Å²) in [6.45, 7) is 3.66. The van der Waals surface area contributed by atoms with Gasteiger partial charge in [0.15, 0.2) is 5.79 Å². The summed E-state index contributed by atoms with van der Waals surface area (Å²) in [5.41, 5.74) is 0.662. The number of piperidine rings is 1. The number of nitrogens with one attached hydrogen (secondary N) is 2. The number of carbonyl (C=O) groups is 3. The number of hydrogen-bond donors (Lipinski definition) is 2. The summed E-state index contributed by atoms with van der Waals surface area (Å²) in [7, 11) is 0. The summed E-state index contributed by atoms with van der Waals surface area (Å²) in [6, 6.07) is 8.27. The van der Waals surface area contributed by atoms with Gasteiger partial charge in [0.2, 0.25) is 17.7 Å². The van der Waals surface area contributed by atoms with Gasteiger partial charge in [-0.2, -0.15) is 0 Å². The first-order valence-corrected chi connectivity index (χ1v) is 10.5. The van der Waals surface area contributed by atoms with E-state index in [-0.39, 0.29) is 30.7 Å². The van der Waals surface area contributed by atoms with Crippen molar-refractivity contribution in [2.75, 3.05) is 51.3 Å². The minimum atomic E-state index is -0.799. The average Bonchev–Trinajstić information content (AvgIpc) is 3.20. The molecule has 30 heavy (non-hydrogen) atoms. The fourth-order valence-electron chi connectivity index (χ4n) is 4.24. The molecule has 0 bridgehead atoms. The largest absolute Gasteiger partial charge is 0.353 e. The number of rotatable bonds is 5. The summed E-state index contributed by atoms with van der Waals surface area (Å²) >= 11 is 0. The Kier molecular flexibility index (Phi) is 6.31. The minimum Gasteiger partial charge on any atom is -0.353 e. The van der Waals surface area contributed by atoms with E-state index in [0.29, 0.717) is 45.1 Å². The van der Waals surface area contributed by atoms with Crippen LogP contribution in [0.3, 0.4) is 0 Å². The van der Waals surface area contributed by atoms with Crippen LogP contribution in [0.5, 0.6) is 0 Å². The van der Waals surface area contributed by atoms with E-state index in [4.69, 9.17) is 9.47 Å². The maximum atomic E-state index is 13.0. The van der Waals surface area contributed by atoms with Crippen molar-refractivity contribution < 1.29 is 23.9 Å². The molecule has 0 aliphatic carbocycles. The van der Waals surface area contributed by atoms with Gasteiger partial charge in [-0.15, -0.1) is 0 Å². The van der Waals surface area contributed by atoms with E-state index in [0.717, 1.165) is 12.8 Å². The summed E-state index contributed by atoms with van der Waals surface area (Å²) in [6.07, 6.45) is 1.38. The van der Waals surface area contributed by atoms with Crippen LogP contribution in [-0.2, 0) is 23.9 Å². The van der Waals surface area contributed by atoms with Gasteiger partial charge in [-0.05, 0) is 12.1 Å². The zero-order valence-corrected chi connectivity index (χ0v) is 17.0. The highest BCUT2D eigenvalue weighted by Crippen LogP contribution is 2.31. The third-order valence-corrected chi connectivity index (χ3v) is 5.88. The van der Waals surface area contributed by atoms with Crippen LogP contribution < -0.4 is 10.6 Å². The second-order valence-corrected chi connectivity index (χ2v) is 7.90. The second-order valence-electron chi connectivity index (χ2n) is 7.90. The summed E-state index contributed by atoms with van der Waals surface area (Å²) in [5.74, 6) is -1.20. The first-order chi connectivity index (χ1) is 14.5. The van der Waals surface area contributed by atoms with Crippen molar-refractivity contribution in [3.8, 4) is 0 Å². The summed E-state index contributed by atoms with van der Waals surface area (Å²) in [5, 5.41) is 5.55. The molecular weight excluding hydrogens is 388 g/mol. The number of nitrogens with zero attached hydrogens (tertiary/aromatic N) is 2. The van der Waals surface area contributed by atoms with Gasteiger partial charge in [-0.3, -0.25) is 19.3 Å². The molecule has 2 N–H and O–H groups in total. The third-order valence-electron chi connectivity index (χ3n) is 5.88. The smallest absolute Gasteiger partial charge is 0.243 e. The maximum Gasteiger partial charge on any atom is 0.243 e. The van der Waals surface area contributed by atoms with Gasteiger partial charge >= 0.3 is 0 Å². The predicted molar refractivity (Wildman–Crippen MR) is 109 cm³/mol. The highest BCUT2D eigenvalue weighted by atomic mass is 16.7. The zero-order chi connectivity index (χ0) is 21.0. The van der Waals surface area contributed by atoms with Gasteiger partial charge in [-0.1, -0.05) is 18.2 Å². The molecule has 9 nitrogen and oxygen atoms in total. The molecule has 162 valence electrons. The van der Waals surface area contributed by atoms with Gasteiger partial charge in [0.05, 0.1) is 26.2 Å². The van der Waals surface area contributed by atoms with Crippen LogP contribution in [0.25, 0.3) is 0 Å². The normalized spacial score (nSPS) is 23.9. The number of amides is 3. The van der Waals surface area contributed by atoms with Crippen LogP contribution in [0, 0.1) is 0 Å². The van der Waals surface area contributed by atoms with Crippen molar-refractivity contribution in [2.24, 2.45) is 0 Å². The number of likely N-dealkylation sites (tertiary alicyclic amines) is 1. The van der Waals surface area contributed by atoms with Crippen molar-refractivity contribution in [3.63, 3.8) is 0 Å². The molecule has 3 aliphatic rings. The number of hydrogen-bond acceptors (Lipinski definition) is 6. The van der Waals surface area contributed by atoms with E-state index in [1.807, 2.05) is 18.2 Å². The van der Waals surface area contributed by atoms with Crippen LogP contribution in [0.2, 0.25) is 0 Å². The van der Waals surface area contributed by atoms with E-state index in [1.165, 1.54) is 4.90 Å². The van der Waals surface area contributed by atoms with Gasteiger partial charge in [0.25, 0.3) is 0 Å². The molecule has 0 unspecified atom stereocenters. The Balaban J connectivity index is 1.33. The molecule has 3 aliphatic heterocycles. The molecule has 3 saturated heterocycles. The second kappa shape index (κ2) is 9.11. The quantitative estimate of drug-likeness (QED) is 0.711. The lowest BCUT2D eigenvalue weighted by Crippen LogP contribution is -2.60. The molecule has 3 amide bonds. The van der Waals surface area contributed by atoms with Gasteiger partial charge < -0.3 is 25.0 Å². The van der Waals surface area contributed by atoms with Crippen molar-refractivity contribution in [1.82, 2.24) is 15.1 Å². The Morgan fingerprint density at radius 2 is 1.80 bits per heavy atom. The molecule has 3 heterocycles. The first kappa shape index (κ1) is 20.8. The lowest BCUT2D eigenvalue weighted by atomic mass is 10.0. The standard InChI is InChI=1S/C21H28N4O5/c26-18(23-16-4-2-1-3-5-16)14-17-20(28)22-8-11-25(17)19(27)15-24-9-6-21(7-10-24)29-12-13-30-21/h1-5,17H,6-15H2,(H,22,28)(H,23,26)/t17-/m0/s1. The number of carbonyl (C=O) groups excluding carboxylic acids is 3. The van der Waals surface area contributed by atoms with Crippen LogP contribution in [-0.4, -0.2) is 85.3 Å². The van der Waals surface area contributed by atoms with Crippen molar-refractivity contribution >= 4 is 23.4 Å². The molecule has 1 atom stereocenters. The highest BCUT2D eigenvalue weighted by Gasteiger charge is 2.41. The van der Waals surface area contributed by atoms with Crippen LogP contribution in [0.1, 0.15) is 19.3 Å². The SMILES string of the molecule is O=C(C[C@H]1C(=O)NCCN1C(=O)CN1CCC2(CC1)OCCO2)Nc1ccccc1. The van der Waals surface area contributed by atoms with Crippen molar-refractivity contribution in [3.05, 3.63) is 30.3 Å². The molecule has 1 aromatic carbocycles.